The third-order valence-corrected chi connectivity index (χ3v) is 0.518. The number of hydrogen-bond donors (Lipinski definition) is 0. The SMILES string of the molecule is CC(F)(F)OC(F)C(F)F. The minimum atomic E-state index is -3.85. The molecule has 0 N–H and O–H groups in total. The van der Waals surface area contributed by atoms with E-state index < -0.39 is 18.9 Å². The molecule has 0 spiro atoms. The fraction of sp³-hybridized carbons (Fsp3) is 1.00. The summed E-state index contributed by atoms with van der Waals surface area (Å²) in [6.45, 7) is 0.182. The first kappa shape index (κ1) is 9.61. The molecule has 0 saturated heterocycles. The van der Waals surface area contributed by atoms with Gasteiger partial charge in [0.1, 0.15) is 0 Å². The van der Waals surface area contributed by atoms with Crippen LogP contribution in [0.1, 0.15) is 6.92 Å². The van der Waals surface area contributed by atoms with Crippen LogP contribution in [0.5, 0.6) is 0 Å². The van der Waals surface area contributed by atoms with Gasteiger partial charge >= 0.3 is 6.11 Å². The number of alkyl halides is 5. The second-order valence-electron chi connectivity index (χ2n) is 1.61. The quantitative estimate of drug-likeness (QED) is 0.581. The van der Waals surface area contributed by atoms with Crippen LogP contribution in [0.15, 0.2) is 0 Å². The lowest BCUT2D eigenvalue weighted by Gasteiger charge is -2.13. The smallest absolute Gasteiger partial charge is 0.280 e. The molecule has 0 saturated carbocycles. The molecule has 0 rings (SSSR count). The van der Waals surface area contributed by atoms with E-state index in [1.807, 2.05) is 0 Å². The molecule has 0 aromatic carbocycles. The van der Waals surface area contributed by atoms with Crippen molar-refractivity contribution >= 4 is 0 Å². The zero-order valence-electron chi connectivity index (χ0n) is 4.95. The van der Waals surface area contributed by atoms with E-state index in [4.69, 9.17) is 0 Å². The molecule has 0 aromatic rings. The molecule has 10 heavy (non-hydrogen) atoms. The number of ether oxygens (including phenoxy) is 1. The first-order valence-corrected chi connectivity index (χ1v) is 2.31. The number of rotatable bonds is 3. The fourth-order valence-electron chi connectivity index (χ4n) is 0.249. The van der Waals surface area contributed by atoms with E-state index in [2.05, 4.69) is 4.74 Å². The van der Waals surface area contributed by atoms with Gasteiger partial charge in [0.25, 0.3) is 12.8 Å². The third kappa shape index (κ3) is 4.49. The minimum Gasteiger partial charge on any atom is -0.280 e. The molecule has 1 atom stereocenters. The van der Waals surface area contributed by atoms with Crippen LogP contribution in [0.4, 0.5) is 22.0 Å². The second-order valence-corrected chi connectivity index (χ2v) is 1.61. The summed E-state index contributed by atoms with van der Waals surface area (Å²) in [5.41, 5.74) is 0. The molecule has 0 aliphatic carbocycles. The monoisotopic (exact) mass is 164 g/mol. The highest BCUT2D eigenvalue weighted by molar-refractivity contribution is 4.47. The van der Waals surface area contributed by atoms with Crippen molar-refractivity contribution in [3.63, 3.8) is 0 Å². The highest BCUT2D eigenvalue weighted by Crippen LogP contribution is 2.19. The normalized spacial score (nSPS) is 15.9. The summed E-state index contributed by atoms with van der Waals surface area (Å²) in [5, 5.41) is 0. The molecule has 0 fully saturated rings. The van der Waals surface area contributed by atoms with E-state index in [1.54, 1.807) is 0 Å². The van der Waals surface area contributed by atoms with E-state index in [1.165, 1.54) is 0 Å². The van der Waals surface area contributed by atoms with Crippen LogP contribution in [-0.2, 0) is 4.74 Å². The van der Waals surface area contributed by atoms with Crippen molar-refractivity contribution in [1.29, 1.82) is 0 Å². The number of halogens is 5. The van der Waals surface area contributed by atoms with Gasteiger partial charge in [0, 0.05) is 6.92 Å². The van der Waals surface area contributed by atoms with Crippen molar-refractivity contribution in [2.24, 2.45) is 0 Å². The second kappa shape index (κ2) is 3.14. The Hall–Kier alpha value is -0.390. The lowest BCUT2D eigenvalue weighted by Crippen LogP contribution is -2.26. The predicted octanol–water partition coefficient (Wildman–Crippen LogP) is 2.18. The summed E-state index contributed by atoms with van der Waals surface area (Å²) in [6, 6.07) is 0. The lowest BCUT2D eigenvalue weighted by molar-refractivity contribution is -0.299. The van der Waals surface area contributed by atoms with Crippen LogP contribution < -0.4 is 0 Å². The molecule has 0 amide bonds. The Morgan fingerprint density at radius 3 is 1.70 bits per heavy atom. The van der Waals surface area contributed by atoms with Crippen LogP contribution in [0, 0.1) is 0 Å². The maximum atomic E-state index is 11.6. The molecule has 1 nitrogen and oxygen atoms in total. The van der Waals surface area contributed by atoms with Crippen LogP contribution in [0.2, 0.25) is 0 Å². The van der Waals surface area contributed by atoms with Gasteiger partial charge in [-0.05, 0) is 0 Å². The van der Waals surface area contributed by atoms with Gasteiger partial charge in [-0.3, -0.25) is 4.74 Å². The minimum absolute atomic E-state index is 0.182. The summed E-state index contributed by atoms with van der Waals surface area (Å²) >= 11 is 0. The molecule has 0 radical (unpaired) electrons. The average molecular weight is 164 g/mol. The van der Waals surface area contributed by atoms with E-state index in [0.717, 1.165) is 0 Å². The summed E-state index contributed by atoms with van der Waals surface area (Å²) in [5.74, 6) is 0. The van der Waals surface area contributed by atoms with E-state index in [-0.39, 0.29) is 6.92 Å². The Bertz CT molecular complexity index is 98.3. The highest BCUT2D eigenvalue weighted by atomic mass is 19.3. The Kier molecular flexibility index (Phi) is 3.01. The Labute approximate surface area is 53.8 Å². The van der Waals surface area contributed by atoms with E-state index in [0.29, 0.717) is 0 Å². The predicted molar refractivity (Wildman–Crippen MR) is 22.6 cm³/mol. The van der Waals surface area contributed by atoms with Gasteiger partial charge < -0.3 is 0 Å². The Morgan fingerprint density at radius 2 is 1.60 bits per heavy atom. The first-order chi connectivity index (χ1) is 4.33. The molecule has 0 aliphatic rings. The molecular formula is C4H5F5O. The zero-order valence-corrected chi connectivity index (χ0v) is 4.95. The molecule has 0 heterocycles. The van der Waals surface area contributed by atoms with Gasteiger partial charge in [-0.15, -0.1) is 0 Å². The van der Waals surface area contributed by atoms with Gasteiger partial charge in [0.05, 0.1) is 0 Å². The first-order valence-electron chi connectivity index (χ1n) is 2.31. The standard InChI is InChI=1S/C4H5F5O/c1-4(8,9)10-3(7)2(5)6/h2-3H,1H3. The van der Waals surface area contributed by atoms with Crippen molar-refractivity contribution in [3.05, 3.63) is 0 Å². The zero-order chi connectivity index (χ0) is 8.36. The Balaban J connectivity index is 3.68. The number of hydrogen-bond acceptors (Lipinski definition) is 1. The van der Waals surface area contributed by atoms with Crippen LogP contribution in [0.25, 0.3) is 0 Å². The molecule has 1 unspecified atom stereocenters. The van der Waals surface area contributed by atoms with Crippen LogP contribution in [0.3, 0.4) is 0 Å². The lowest BCUT2D eigenvalue weighted by atomic mass is 10.6. The van der Waals surface area contributed by atoms with E-state index >= 15 is 0 Å². The topological polar surface area (TPSA) is 9.23 Å². The maximum absolute atomic E-state index is 11.6. The van der Waals surface area contributed by atoms with Gasteiger partial charge in [0.15, 0.2) is 0 Å². The highest BCUT2D eigenvalue weighted by Gasteiger charge is 2.32. The molecule has 62 valence electrons. The summed E-state index contributed by atoms with van der Waals surface area (Å²) < 4.78 is 59.8. The Morgan fingerprint density at radius 1 is 1.20 bits per heavy atom. The van der Waals surface area contributed by atoms with Gasteiger partial charge in [-0.25, -0.2) is 13.2 Å². The fourth-order valence-corrected chi connectivity index (χ4v) is 0.249. The largest absolute Gasteiger partial charge is 0.355 e. The summed E-state index contributed by atoms with van der Waals surface area (Å²) in [6.07, 6.45) is -10.6. The maximum Gasteiger partial charge on any atom is 0.355 e. The van der Waals surface area contributed by atoms with Crippen molar-refractivity contribution in [2.75, 3.05) is 0 Å². The summed E-state index contributed by atoms with van der Waals surface area (Å²) in [4.78, 5) is 0. The van der Waals surface area contributed by atoms with E-state index in [9.17, 15) is 22.0 Å². The molecular weight excluding hydrogens is 159 g/mol. The van der Waals surface area contributed by atoms with Crippen LogP contribution in [-0.4, -0.2) is 18.9 Å². The molecule has 0 aliphatic heterocycles. The summed E-state index contributed by atoms with van der Waals surface area (Å²) in [7, 11) is 0. The van der Waals surface area contributed by atoms with Crippen molar-refractivity contribution in [1.82, 2.24) is 0 Å². The van der Waals surface area contributed by atoms with Crippen molar-refractivity contribution in [3.8, 4) is 0 Å². The van der Waals surface area contributed by atoms with Gasteiger partial charge in [0.2, 0.25) is 0 Å². The van der Waals surface area contributed by atoms with Gasteiger partial charge in [-0.1, -0.05) is 0 Å². The van der Waals surface area contributed by atoms with Crippen molar-refractivity contribution in [2.45, 2.75) is 25.8 Å². The van der Waals surface area contributed by atoms with Gasteiger partial charge in [-0.2, -0.15) is 8.78 Å². The molecule has 0 aromatic heterocycles. The third-order valence-electron chi connectivity index (χ3n) is 0.518. The molecule has 6 heteroatoms. The van der Waals surface area contributed by atoms with Crippen molar-refractivity contribution < 1.29 is 26.7 Å². The average Bonchev–Trinajstić information content (AvgIpc) is 1.60. The molecule has 0 bridgehead atoms. The van der Waals surface area contributed by atoms with Crippen LogP contribution >= 0.6 is 0 Å².